The summed E-state index contributed by atoms with van der Waals surface area (Å²) in [5, 5.41) is 8.99. The van der Waals surface area contributed by atoms with E-state index >= 15 is 0 Å². The van der Waals surface area contributed by atoms with Gasteiger partial charge in [0.15, 0.2) is 0 Å². The third-order valence-corrected chi connectivity index (χ3v) is 3.52. The Bertz CT molecular complexity index is 315. The molecule has 0 amide bonds. The van der Waals surface area contributed by atoms with Crippen LogP contribution in [-0.4, -0.2) is 29.0 Å². The highest BCUT2D eigenvalue weighted by Crippen LogP contribution is 2.26. The number of alkyl halides is 1. The van der Waals surface area contributed by atoms with Gasteiger partial charge in [-0.05, 0) is 32.6 Å². The second kappa shape index (κ2) is 6.94. The Hall–Kier alpha value is -0.640. The Morgan fingerprint density at radius 2 is 2.41 bits per heavy atom. The average Bonchev–Trinajstić information content (AvgIpc) is 2.31. The molecule has 0 radical (unpaired) electrons. The van der Waals surface area contributed by atoms with Gasteiger partial charge in [0.1, 0.15) is 6.17 Å². The van der Waals surface area contributed by atoms with E-state index in [0.29, 0.717) is 24.3 Å². The Kier molecular flexibility index (Phi) is 5.89. The van der Waals surface area contributed by atoms with E-state index in [0.717, 1.165) is 19.3 Å². The van der Waals surface area contributed by atoms with Gasteiger partial charge < -0.3 is 5.41 Å². The van der Waals surface area contributed by atoms with Gasteiger partial charge in [0, 0.05) is 28.8 Å². The Morgan fingerprint density at radius 1 is 1.71 bits per heavy atom. The Morgan fingerprint density at radius 3 is 2.94 bits per heavy atom. The van der Waals surface area contributed by atoms with Crippen molar-refractivity contribution in [2.24, 2.45) is 10.9 Å². The number of hydrogen-bond donors (Lipinski definition) is 1. The number of halogens is 1. The zero-order valence-electron chi connectivity index (χ0n) is 10.6. The highest BCUT2D eigenvalue weighted by molar-refractivity contribution is 7.80. The molecule has 3 unspecified atom stereocenters. The first-order valence-electron chi connectivity index (χ1n) is 6.32. The van der Waals surface area contributed by atoms with Crippen LogP contribution in [0.5, 0.6) is 0 Å². The zero-order chi connectivity index (χ0) is 12.8. The lowest BCUT2D eigenvalue weighted by molar-refractivity contribution is 0.338. The van der Waals surface area contributed by atoms with Crippen LogP contribution in [0.3, 0.4) is 0 Å². The monoisotopic (exact) mass is 256 g/mol. The molecule has 0 heterocycles. The molecule has 3 atom stereocenters. The molecular weight excluding hydrogens is 235 g/mol. The summed E-state index contributed by atoms with van der Waals surface area (Å²) >= 11 is 4.73. The molecule has 0 aromatic rings. The highest BCUT2D eigenvalue weighted by Gasteiger charge is 2.28. The molecule has 0 aromatic carbocycles. The van der Waals surface area contributed by atoms with Crippen LogP contribution in [0, 0.1) is 11.3 Å². The molecule has 1 rings (SSSR count). The van der Waals surface area contributed by atoms with Crippen LogP contribution in [0.15, 0.2) is 4.99 Å². The summed E-state index contributed by atoms with van der Waals surface area (Å²) in [6, 6.07) is 0.217. The molecule has 96 valence electrons. The Balaban J connectivity index is 2.58. The van der Waals surface area contributed by atoms with E-state index in [1.165, 1.54) is 5.37 Å². The van der Waals surface area contributed by atoms with Crippen molar-refractivity contribution in [1.29, 1.82) is 5.41 Å². The van der Waals surface area contributed by atoms with Crippen LogP contribution in [0.1, 0.15) is 46.0 Å². The first-order valence-corrected chi connectivity index (χ1v) is 6.79. The van der Waals surface area contributed by atoms with E-state index in [1.54, 1.807) is 0 Å². The van der Waals surface area contributed by atoms with Crippen molar-refractivity contribution in [3.05, 3.63) is 0 Å². The minimum Gasteiger partial charge on any atom is -0.304 e. The normalized spacial score (nSPS) is 29.0. The molecule has 0 spiro atoms. The zero-order valence-corrected chi connectivity index (χ0v) is 11.4. The molecule has 1 saturated carbocycles. The van der Waals surface area contributed by atoms with E-state index in [4.69, 9.17) is 17.6 Å². The second-order valence-electron chi connectivity index (χ2n) is 4.77. The van der Waals surface area contributed by atoms with E-state index < -0.39 is 6.17 Å². The molecule has 2 nitrogen and oxygen atoms in total. The first-order chi connectivity index (χ1) is 8.08. The van der Waals surface area contributed by atoms with Gasteiger partial charge in [-0.25, -0.2) is 4.39 Å². The van der Waals surface area contributed by atoms with Gasteiger partial charge in [0.2, 0.25) is 0 Å². The minimum absolute atomic E-state index is 0.0112. The van der Waals surface area contributed by atoms with E-state index in [1.807, 2.05) is 6.92 Å². The average molecular weight is 256 g/mol. The minimum atomic E-state index is -0.983. The van der Waals surface area contributed by atoms with Gasteiger partial charge in [-0.1, -0.05) is 25.6 Å². The maximum absolute atomic E-state index is 13.9. The predicted molar refractivity (Wildman–Crippen MR) is 75.4 cm³/mol. The lowest BCUT2D eigenvalue weighted by atomic mass is 9.84. The number of hydrogen-bond acceptors (Lipinski definition) is 3. The largest absolute Gasteiger partial charge is 0.304 e. The van der Waals surface area contributed by atoms with Crippen LogP contribution in [0.2, 0.25) is 0 Å². The molecule has 0 aromatic heterocycles. The lowest BCUT2D eigenvalue weighted by Gasteiger charge is -2.26. The molecular formula is C13H21FN2S. The fraction of sp³-hybridized carbons (Fsp3) is 0.769. The number of thiocarbonyl (C=S) groups is 1. The maximum atomic E-state index is 13.9. The molecule has 4 heteroatoms. The van der Waals surface area contributed by atoms with E-state index in [2.05, 4.69) is 11.9 Å². The molecule has 0 bridgehead atoms. The third kappa shape index (κ3) is 4.26. The summed E-state index contributed by atoms with van der Waals surface area (Å²) in [6.07, 6.45) is 2.96. The van der Waals surface area contributed by atoms with Crippen molar-refractivity contribution in [3.8, 4) is 0 Å². The predicted octanol–water partition coefficient (Wildman–Crippen LogP) is 3.77. The number of nitrogens with zero attached hydrogens (tertiary/aromatic N) is 1. The fourth-order valence-electron chi connectivity index (χ4n) is 2.27. The van der Waals surface area contributed by atoms with Crippen molar-refractivity contribution in [2.75, 3.05) is 0 Å². The van der Waals surface area contributed by atoms with Crippen LogP contribution >= 0.6 is 12.2 Å². The molecule has 17 heavy (non-hydrogen) atoms. The SMILES string of the molecule is CCCC(C)N=C1CCC(C(=N)C=S)CC1F. The summed E-state index contributed by atoms with van der Waals surface area (Å²) in [4.78, 5) is 4.46. The van der Waals surface area contributed by atoms with Gasteiger partial charge in [-0.2, -0.15) is 0 Å². The van der Waals surface area contributed by atoms with Gasteiger partial charge in [-0.15, -0.1) is 0 Å². The summed E-state index contributed by atoms with van der Waals surface area (Å²) < 4.78 is 13.9. The maximum Gasteiger partial charge on any atom is 0.138 e. The van der Waals surface area contributed by atoms with Crippen LogP contribution < -0.4 is 0 Å². The van der Waals surface area contributed by atoms with E-state index in [-0.39, 0.29) is 12.0 Å². The fourth-order valence-corrected chi connectivity index (χ4v) is 2.46. The topological polar surface area (TPSA) is 36.2 Å². The Labute approximate surface area is 108 Å². The van der Waals surface area contributed by atoms with Crippen molar-refractivity contribution in [1.82, 2.24) is 0 Å². The van der Waals surface area contributed by atoms with Crippen LogP contribution in [0.4, 0.5) is 4.39 Å². The highest BCUT2D eigenvalue weighted by atomic mass is 32.1. The van der Waals surface area contributed by atoms with Gasteiger partial charge in [-0.3, -0.25) is 4.99 Å². The number of rotatable bonds is 5. The van der Waals surface area contributed by atoms with Gasteiger partial charge in [0.25, 0.3) is 0 Å². The molecule has 1 N–H and O–H groups in total. The standard InChI is InChI=1S/C13H21FN2S/c1-3-4-9(2)16-13-6-5-10(7-11(13)14)12(15)8-17/h8-11,15H,3-7H2,1-2H3. The molecule has 0 aliphatic heterocycles. The summed E-state index contributed by atoms with van der Waals surface area (Å²) in [5.41, 5.74) is 1.09. The summed E-state index contributed by atoms with van der Waals surface area (Å²) in [6.45, 7) is 4.15. The third-order valence-electron chi connectivity index (χ3n) is 3.26. The van der Waals surface area contributed by atoms with Crippen molar-refractivity contribution in [2.45, 2.75) is 58.2 Å². The lowest BCUT2D eigenvalue weighted by Crippen LogP contribution is -2.31. The quantitative estimate of drug-likeness (QED) is 0.590. The smallest absolute Gasteiger partial charge is 0.138 e. The first kappa shape index (κ1) is 14.4. The summed E-state index contributed by atoms with van der Waals surface area (Å²) in [5.74, 6) is -0.0112. The van der Waals surface area contributed by atoms with Crippen molar-refractivity contribution in [3.63, 3.8) is 0 Å². The number of aliphatic imine (C=N–C) groups is 1. The van der Waals surface area contributed by atoms with Crippen LogP contribution in [-0.2, 0) is 0 Å². The number of nitrogens with one attached hydrogen (secondary N) is 1. The molecule has 1 fully saturated rings. The van der Waals surface area contributed by atoms with Gasteiger partial charge in [0.05, 0.1) is 0 Å². The molecule has 1 aliphatic carbocycles. The van der Waals surface area contributed by atoms with E-state index in [9.17, 15) is 4.39 Å². The van der Waals surface area contributed by atoms with Crippen molar-refractivity contribution < 1.29 is 4.39 Å². The van der Waals surface area contributed by atoms with Gasteiger partial charge >= 0.3 is 0 Å². The summed E-state index contributed by atoms with van der Waals surface area (Å²) in [7, 11) is 0. The van der Waals surface area contributed by atoms with Crippen LogP contribution in [0.25, 0.3) is 0 Å². The molecule has 1 aliphatic rings. The molecule has 0 saturated heterocycles. The van der Waals surface area contributed by atoms with Crippen molar-refractivity contribution >= 4 is 29.0 Å². The second-order valence-corrected chi connectivity index (χ2v) is 5.01.